The van der Waals surface area contributed by atoms with Gasteiger partial charge in [-0.05, 0) is 11.6 Å². The topological polar surface area (TPSA) is 84.3 Å². The highest BCUT2D eigenvalue weighted by atomic mass is 19.4. The zero-order chi connectivity index (χ0) is 17.5. The fourth-order valence-corrected chi connectivity index (χ4v) is 1.36. The van der Waals surface area contributed by atoms with Gasteiger partial charge < -0.3 is 9.84 Å². The number of hydrogen-bond donors (Lipinski definition) is 2. The van der Waals surface area contributed by atoms with E-state index in [4.69, 9.17) is 9.84 Å². The third-order valence-electron chi connectivity index (χ3n) is 2.45. The summed E-state index contributed by atoms with van der Waals surface area (Å²) in [6.45, 7) is 6.86. The molecule has 0 spiro atoms. The van der Waals surface area contributed by atoms with Crippen LogP contribution in [-0.4, -0.2) is 34.0 Å². The Hall–Kier alpha value is -2.68. The summed E-state index contributed by atoms with van der Waals surface area (Å²) in [5.74, 6) is -0.427. The van der Waals surface area contributed by atoms with Crippen LogP contribution in [0.15, 0.2) is 49.2 Å². The smallest absolute Gasteiger partial charge is 0.420 e. The number of nitrogens with one attached hydrogen (secondary N) is 1. The summed E-state index contributed by atoms with van der Waals surface area (Å²) in [5, 5.41) is 11.2. The number of anilines is 1. The van der Waals surface area contributed by atoms with Crippen LogP contribution in [0.4, 0.5) is 23.9 Å². The van der Waals surface area contributed by atoms with Crippen LogP contribution in [0, 0.1) is 0 Å². The van der Waals surface area contributed by atoms with E-state index in [9.17, 15) is 18.0 Å². The standard InChI is InChI=1S/C14H14F3N3O3/c1-3-5-9(4-2)8-23-13(22)20-12-18-7-6-10(19-12)11(21)14(15,16)17/h3-7,11,21H,1-2,8H2,(H,18,19,20,22)/b9-5+. The van der Waals surface area contributed by atoms with Gasteiger partial charge >= 0.3 is 12.3 Å². The first-order valence-corrected chi connectivity index (χ1v) is 6.23. The Balaban J connectivity index is 2.71. The molecule has 1 amide bonds. The second kappa shape index (κ2) is 8.08. The van der Waals surface area contributed by atoms with Crippen LogP contribution in [0.25, 0.3) is 0 Å². The molecule has 0 radical (unpaired) electrons. The Bertz CT molecular complexity index is 615. The molecule has 0 fully saturated rings. The number of amides is 1. The Labute approximate surface area is 130 Å². The van der Waals surface area contributed by atoms with E-state index >= 15 is 0 Å². The van der Waals surface area contributed by atoms with Gasteiger partial charge in [-0.2, -0.15) is 13.2 Å². The van der Waals surface area contributed by atoms with Gasteiger partial charge in [0.05, 0.1) is 5.69 Å². The zero-order valence-corrected chi connectivity index (χ0v) is 11.9. The highest BCUT2D eigenvalue weighted by Crippen LogP contribution is 2.31. The van der Waals surface area contributed by atoms with Crippen molar-refractivity contribution in [3.05, 3.63) is 54.9 Å². The highest BCUT2D eigenvalue weighted by molar-refractivity contribution is 5.82. The maximum Gasteiger partial charge on any atom is 0.420 e. The van der Waals surface area contributed by atoms with Crippen molar-refractivity contribution in [2.75, 3.05) is 11.9 Å². The van der Waals surface area contributed by atoms with Gasteiger partial charge in [0.15, 0.2) is 6.10 Å². The molecule has 1 rings (SSSR count). The first kappa shape index (κ1) is 18.4. The van der Waals surface area contributed by atoms with Gasteiger partial charge in [0, 0.05) is 6.20 Å². The Morgan fingerprint density at radius 2 is 2.17 bits per heavy atom. The summed E-state index contributed by atoms with van der Waals surface area (Å²) in [5.41, 5.74) is -0.126. The summed E-state index contributed by atoms with van der Waals surface area (Å²) in [7, 11) is 0. The van der Waals surface area contributed by atoms with Crippen molar-refractivity contribution >= 4 is 12.0 Å². The number of rotatable bonds is 6. The molecule has 1 unspecified atom stereocenters. The minimum Gasteiger partial charge on any atom is -0.444 e. The normalized spacial score (nSPS) is 13.1. The Morgan fingerprint density at radius 1 is 1.48 bits per heavy atom. The number of allylic oxidation sites excluding steroid dienone is 2. The molecule has 6 nitrogen and oxygen atoms in total. The maximum atomic E-state index is 12.4. The number of aliphatic hydroxyl groups is 1. The molecule has 0 saturated carbocycles. The van der Waals surface area contributed by atoms with E-state index in [1.807, 2.05) is 0 Å². The lowest BCUT2D eigenvalue weighted by atomic mass is 10.2. The van der Waals surface area contributed by atoms with Gasteiger partial charge in [-0.1, -0.05) is 31.4 Å². The minimum atomic E-state index is -4.87. The molecule has 0 aliphatic heterocycles. The van der Waals surface area contributed by atoms with Crippen LogP contribution in [0.1, 0.15) is 11.8 Å². The number of hydrogen-bond acceptors (Lipinski definition) is 5. The predicted octanol–water partition coefficient (Wildman–Crippen LogP) is 2.92. The van der Waals surface area contributed by atoms with Crippen molar-refractivity contribution in [3.63, 3.8) is 0 Å². The molecular weight excluding hydrogens is 315 g/mol. The molecule has 0 aliphatic rings. The van der Waals surface area contributed by atoms with E-state index in [0.29, 0.717) is 5.57 Å². The molecule has 124 valence electrons. The van der Waals surface area contributed by atoms with Crippen LogP contribution in [0.3, 0.4) is 0 Å². The van der Waals surface area contributed by atoms with E-state index in [-0.39, 0.29) is 6.61 Å². The molecule has 0 bridgehead atoms. The van der Waals surface area contributed by atoms with Crippen LogP contribution >= 0.6 is 0 Å². The zero-order valence-electron chi connectivity index (χ0n) is 11.9. The summed E-state index contributed by atoms with van der Waals surface area (Å²) in [6, 6.07) is 0.886. The van der Waals surface area contributed by atoms with E-state index in [0.717, 1.165) is 12.3 Å². The Morgan fingerprint density at radius 3 is 2.74 bits per heavy atom. The first-order valence-electron chi connectivity index (χ1n) is 6.23. The van der Waals surface area contributed by atoms with Gasteiger partial charge in [0.1, 0.15) is 6.61 Å². The lowest BCUT2D eigenvalue weighted by molar-refractivity contribution is -0.207. The minimum absolute atomic E-state index is 0.119. The van der Waals surface area contributed by atoms with Gasteiger partial charge in [-0.15, -0.1) is 0 Å². The molecule has 1 atom stereocenters. The lowest BCUT2D eigenvalue weighted by Crippen LogP contribution is -2.22. The summed E-state index contributed by atoms with van der Waals surface area (Å²) < 4.78 is 42.0. The van der Waals surface area contributed by atoms with Crippen LogP contribution in [0.5, 0.6) is 0 Å². The predicted molar refractivity (Wildman–Crippen MR) is 76.5 cm³/mol. The number of aliphatic hydroxyl groups excluding tert-OH is 1. The molecular formula is C14H14F3N3O3. The van der Waals surface area contributed by atoms with Crippen molar-refractivity contribution in [1.29, 1.82) is 0 Å². The second-order valence-electron chi connectivity index (χ2n) is 4.13. The van der Waals surface area contributed by atoms with Crippen molar-refractivity contribution in [3.8, 4) is 0 Å². The van der Waals surface area contributed by atoms with Crippen molar-refractivity contribution in [1.82, 2.24) is 9.97 Å². The fourth-order valence-electron chi connectivity index (χ4n) is 1.36. The average Bonchev–Trinajstić information content (AvgIpc) is 2.50. The fraction of sp³-hybridized carbons (Fsp3) is 0.214. The second-order valence-corrected chi connectivity index (χ2v) is 4.13. The van der Waals surface area contributed by atoms with E-state index in [1.54, 1.807) is 6.08 Å². The van der Waals surface area contributed by atoms with E-state index in [2.05, 4.69) is 28.4 Å². The molecule has 2 N–H and O–H groups in total. The SMILES string of the molecule is C=C/C=C(\C=C)COC(=O)Nc1nccc(C(O)C(F)(F)F)n1. The van der Waals surface area contributed by atoms with Gasteiger partial charge in [0.25, 0.3) is 0 Å². The van der Waals surface area contributed by atoms with E-state index in [1.165, 1.54) is 12.2 Å². The number of halogens is 3. The van der Waals surface area contributed by atoms with Crippen LogP contribution < -0.4 is 5.32 Å². The van der Waals surface area contributed by atoms with Crippen LogP contribution in [-0.2, 0) is 4.74 Å². The number of ether oxygens (including phenoxy) is 1. The van der Waals surface area contributed by atoms with Gasteiger partial charge in [0.2, 0.25) is 5.95 Å². The molecule has 1 heterocycles. The molecule has 23 heavy (non-hydrogen) atoms. The number of nitrogens with zero attached hydrogens (tertiary/aromatic N) is 2. The summed E-state index contributed by atoms with van der Waals surface area (Å²) in [6.07, 6.45) is -3.16. The Kier molecular flexibility index (Phi) is 6.46. The average molecular weight is 329 g/mol. The summed E-state index contributed by atoms with van der Waals surface area (Å²) >= 11 is 0. The monoisotopic (exact) mass is 329 g/mol. The molecule has 0 saturated heterocycles. The van der Waals surface area contributed by atoms with Gasteiger partial charge in [-0.3, -0.25) is 5.32 Å². The molecule has 0 aliphatic carbocycles. The lowest BCUT2D eigenvalue weighted by Gasteiger charge is -2.14. The maximum absolute atomic E-state index is 12.4. The van der Waals surface area contributed by atoms with Crippen molar-refractivity contribution < 1.29 is 27.8 Å². The third-order valence-corrected chi connectivity index (χ3v) is 2.45. The number of alkyl halides is 3. The highest BCUT2D eigenvalue weighted by Gasteiger charge is 2.40. The molecule has 0 aromatic carbocycles. The van der Waals surface area contributed by atoms with Gasteiger partial charge in [-0.25, -0.2) is 14.8 Å². The van der Waals surface area contributed by atoms with E-state index < -0.39 is 30.0 Å². The molecule has 1 aromatic rings. The number of aromatic nitrogens is 2. The van der Waals surface area contributed by atoms with Crippen molar-refractivity contribution in [2.45, 2.75) is 12.3 Å². The van der Waals surface area contributed by atoms with Crippen LogP contribution in [0.2, 0.25) is 0 Å². The quantitative estimate of drug-likeness (QED) is 0.784. The summed E-state index contributed by atoms with van der Waals surface area (Å²) in [4.78, 5) is 18.5. The first-order chi connectivity index (χ1) is 10.8. The number of carbonyl (C=O) groups is 1. The largest absolute Gasteiger partial charge is 0.444 e. The molecule has 1 aromatic heterocycles. The molecule has 9 heteroatoms. The van der Waals surface area contributed by atoms with Crippen molar-refractivity contribution in [2.24, 2.45) is 0 Å². The number of carbonyl (C=O) groups excluding carboxylic acids is 1. The third kappa shape index (κ3) is 5.91.